The summed E-state index contributed by atoms with van der Waals surface area (Å²) >= 11 is 0. The summed E-state index contributed by atoms with van der Waals surface area (Å²) in [6.45, 7) is 5.75. The highest BCUT2D eigenvalue weighted by Gasteiger charge is 2.30. The molecule has 0 spiro atoms. The fourth-order valence-corrected chi connectivity index (χ4v) is 2.50. The molecule has 0 aromatic carbocycles. The Kier molecular flexibility index (Phi) is 3.37. The largest absolute Gasteiger partial charge is 0.352 e. The number of aromatic nitrogens is 3. The van der Waals surface area contributed by atoms with E-state index in [1.807, 2.05) is 12.3 Å². The molecule has 1 N–H and O–H groups in total. The summed E-state index contributed by atoms with van der Waals surface area (Å²) in [5.41, 5.74) is 0.541. The number of rotatable bonds is 3. The van der Waals surface area contributed by atoms with Gasteiger partial charge in [-0.2, -0.15) is 0 Å². The van der Waals surface area contributed by atoms with E-state index in [1.54, 1.807) is 10.8 Å². The standard InChI is InChI=1S/C15H18N4O2/c1-10(2)11-3-5-16-13(7-11)18-8-12(9-18)19-6-4-14(20)17-15(19)21/h3-7,10,12H,8-9H2,1-2H3,(H,17,20,21). The average Bonchev–Trinajstić information content (AvgIpc) is 2.40. The van der Waals surface area contributed by atoms with E-state index in [0.29, 0.717) is 5.92 Å². The fourth-order valence-electron chi connectivity index (χ4n) is 2.50. The second-order valence-corrected chi connectivity index (χ2v) is 5.68. The minimum Gasteiger partial charge on any atom is -0.352 e. The predicted molar refractivity (Wildman–Crippen MR) is 80.9 cm³/mol. The molecule has 3 rings (SSSR count). The predicted octanol–water partition coefficient (Wildman–Crippen LogP) is 1.12. The maximum Gasteiger partial charge on any atom is 0.328 e. The van der Waals surface area contributed by atoms with Gasteiger partial charge in [-0.1, -0.05) is 13.8 Å². The molecular weight excluding hydrogens is 268 g/mol. The maximum absolute atomic E-state index is 11.7. The smallest absolute Gasteiger partial charge is 0.328 e. The minimum atomic E-state index is -0.362. The van der Waals surface area contributed by atoms with Gasteiger partial charge < -0.3 is 4.90 Å². The van der Waals surface area contributed by atoms with Gasteiger partial charge in [0.05, 0.1) is 6.04 Å². The van der Waals surface area contributed by atoms with Gasteiger partial charge >= 0.3 is 5.69 Å². The van der Waals surface area contributed by atoms with Gasteiger partial charge in [0.2, 0.25) is 0 Å². The van der Waals surface area contributed by atoms with Gasteiger partial charge in [0.1, 0.15) is 5.82 Å². The van der Waals surface area contributed by atoms with E-state index in [4.69, 9.17) is 0 Å². The first-order valence-electron chi connectivity index (χ1n) is 7.07. The van der Waals surface area contributed by atoms with Crippen molar-refractivity contribution in [1.29, 1.82) is 0 Å². The lowest BCUT2D eigenvalue weighted by Crippen LogP contribution is -2.51. The number of hydrogen-bond acceptors (Lipinski definition) is 4. The Morgan fingerprint density at radius 1 is 1.29 bits per heavy atom. The number of aromatic amines is 1. The van der Waals surface area contributed by atoms with Crippen LogP contribution in [-0.4, -0.2) is 27.6 Å². The van der Waals surface area contributed by atoms with Crippen LogP contribution in [0.15, 0.2) is 40.2 Å². The molecule has 6 nitrogen and oxygen atoms in total. The lowest BCUT2D eigenvalue weighted by molar-refractivity contribution is 0.382. The fraction of sp³-hybridized carbons (Fsp3) is 0.400. The Hall–Kier alpha value is -2.37. The molecule has 1 aliphatic rings. The van der Waals surface area contributed by atoms with E-state index in [9.17, 15) is 9.59 Å². The van der Waals surface area contributed by atoms with Gasteiger partial charge in [-0.05, 0) is 23.6 Å². The molecule has 0 unspecified atom stereocenters. The third-order valence-electron chi connectivity index (χ3n) is 3.87. The molecule has 0 bridgehead atoms. The first-order chi connectivity index (χ1) is 10.0. The highest BCUT2D eigenvalue weighted by molar-refractivity contribution is 5.44. The summed E-state index contributed by atoms with van der Waals surface area (Å²) in [5, 5.41) is 0. The summed E-state index contributed by atoms with van der Waals surface area (Å²) < 4.78 is 1.57. The Labute approximate surface area is 122 Å². The van der Waals surface area contributed by atoms with Crippen LogP contribution in [0.25, 0.3) is 0 Å². The molecule has 0 radical (unpaired) electrons. The maximum atomic E-state index is 11.7. The molecular formula is C15H18N4O2. The zero-order valence-corrected chi connectivity index (χ0v) is 12.1. The molecule has 3 heterocycles. The topological polar surface area (TPSA) is 71.0 Å². The average molecular weight is 286 g/mol. The van der Waals surface area contributed by atoms with Gasteiger partial charge in [-0.3, -0.25) is 14.3 Å². The zero-order chi connectivity index (χ0) is 15.0. The van der Waals surface area contributed by atoms with Crippen LogP contribution in [0.2, 0.25) is 0 Å². The summed E-state index contributed by atoms with van der Waals surface area (Å²) in [5.74, 6) is 1.40. The highest BCUT2D eigenvalue weighted by Crippen LogP contribution is 2.27. The van der Waals surface area contributed by atoms with Crippen molar-refractivity contribution in [2.45, 2.75) is 25.8 Å². The van der Waals surface area contributed by atoms with Crippen LogP contribution < -0.4 is 16.1 Å². The quantitative estimate of drug-likeness (QED) is 0.917. The zero-order valence-electron chi connectivity index (χ0n) is 12.1. The Morgan fingerprint density at radius 2 is 2.05 bits per heavy atom. The van der Waals surface area contributed by atoms with Crippen LogP contribution in [0, 0.1) is 0 Å². The Morgan fingerprint density at radius 3 is 2.71 bits per heavy atom. The molecule has 6 heteroatoms. The van der Waals surface area contributed by atoms with Crippen molar-refractivity contribution in [3.63, 3.8) is 0 Å². The van der Waals surface area contributed by atoms with Crippen molar-refractivity contribution in [2.75, 3.05) is 18.0 Å². The van der Waals surface area contributed by atoms with Crippen molar-refractivity contribution in [1.82, 2.24) is 14.5 Å². The van der Waals surface area contributed by atoms with Crippen LogP contribution in [0.4, 0.5) is 5.82 Å². The Balaban J connectivity index is 1.75. The van der Waals surface area contributed by atoms with Gasteiger partial charge in [-0.25, -0.2) is 9.78 Å². The van der Waals surface area contributed by atoms with Crippen molar-refractivity contribution in [3.05, 3.63) is 57.0 Å². The monoisotopic (exact) mass is 286 g/mol. The molecule has 21 heavy (non-hydrogen) atoms. The number of anilines is 1. The third kappa shape index (κ3) is 2.61. The van der Waals surface area contributed by atoms with Crippen molar-refractivity contribution in [3.8, 4) is 0 Å². The number of hydrogen-bond donors (Lipinski definition) is 1. The number of nitrogens with one attached hydrogen (secondary N) is 1. The molecule has 1 fully saturated rings. The molecule has 1 saturated heterocycles. The van der Waals surface area contributed by atoms with Crippen LogP contribution in [0.5, 0.6) is 0 Å². The van der Waals surface area contributed by atoms with Crippen LogP contribution in [-0.2, 0) is 0 Å². The molecule has 2 aromatic heterocycles. The van der Waals surface area contributed by atoms with E-state index in [1.165, 1.54) is 11.6 Å². The summed E-state index contributed by atoms with van der Waals surface area (Å²) in [4.78, 5) is 31.6. The molecule has 0 amide bonds. The molecule has 0 atom stereocenters. The highest BCUT2D eigenvalue weighted by atomic mass is 16.2. The van der Waals surface area contributed by atoms with Gasteiger partial charge in [0, 0.05) is 31.5 Å². The minimum absolute atomic E-state index is 0.0823. The molecule has 0 aliphatic carbocycles. The first kappa shape index (κ1) is 13.6. The first-order valence-corrected chi connectivity index (χ1v) is 7.07. The van der Waals surface area contributed by atoms with Crippen LogP contribution in [0.1, 0.15) is 31.4 Å². The van der Waals surface area contributed by atoms with Crippen molar-refractivity contribution in [2.24, 2.45) is 0 Å². The number of H-pyrrole nitrogens is 1. The lowest BCUT2D eigenvalue weighted by Gasteiger charge is -2.40. The summed E-state index contributed by atoms with van der Waals surface area (Å²) in [6.07, 6.45) is 3.38. The van der Waals surface area contributed by atoms with Crippen molar-refractivity contribution >= 4 is 5.82 Å². The van der Waals surface area contributed by atoms with Gasteiger partial charge in [-0.15, -0.1) is 0 Å². The second-order valence-electron chi connectivity index (χ2n) is 5.68. The third-order valence-corrected chi connectivity index (χ3v) is 3.87. The van der Waals surface area contributed by atoms with Gasteiger partial charge in [0.15, 0.2) is 0 Å². The molecule has 110 valence electrons. The molecule has 0 saturated carbocycles. The van der Waals surface area contributed by atoms with E-state index in [-0.39, 0.29) is 17.3 Å². The van der Waals surface area contributed by atoms with E-state index >= 15 is 0 Å². The normalized spacial score (nSPS) is 15.3. The van der Waals surface area contributed by atoms with E-state index in [0.717, 1.165) is 18.9 Å². The lowest BCUT2D eigenvalue weighted by atomic mass is 10.0. The Bertz CT molecular complexity index is 757. The van der Waals surface area contributed by atoms with Crippen LogP contribution in [0.3, 0.4) is 0 Å². The summed E-state index contributed by atoms with van der Waals surface area (Å²) in [7, 11) is 0. The van der Waals surface area contributed by atoms with Crippen LogP contribution >= 0.6 is 0 Å². The number of nitrogens with zero attached hydrogens (tertiary/aromatic N) is 3. The van der Waals surface area contributed by atoms with Crippen molar-refractivity contribution < 1.29 is 0 Å². The molecule has 2 aromatic rings. The van der Waals surface area contributed by atoms with Gasteiger partial charge in [0.25, 0.3) is 5.56 Å². The summed E-state index contributed by atoms with van der Waals surface area (Å²) in [6, 6.07) is 5.58. The van der Waals surface area contributed by atoms with E-state index < -0.39 is 0 Å². The molecule has 1 aliphatic heterocycles. The SMILES string of the molecule is CC(C)c1ccnc(N2CC(n3ccc(=O)[nH]c3=O)C2)c1. The van der Waals surface area contributed by atoms with E-state index in [2.05, 4.69) is 34.8 Å². The number of pyridine rings is 1. The second kappa shape index (κ2) is 5.20.